The molecule has 1 aromatic rings. The summed E-state index contributed by atoms with van der Waals surface area (Å²) in [6.45, 7) is 4.53. The Morgan fingerprint density at radius 1 is 1.47 bits per heavy atom. The van der Waals surface area contributed by atoms with Crippen LogP contribution in [-0.4, -0.2) is 42.0 Å². The summed E-state index contributed by atoms with van der Waals surface area (Å²) in [6.07, 6.45) is 2.78. The molecule has 2 rings (SSSR count). The van der Waals surface area contributed by atoms with Gasteiger partial charge in [0, 0.05) is 32.4 Å². The molecule has 0 bridgehead atoms. The van der Waals surface area contributed by atoms with Gasteiger partial charge in [-0.2, -0.15) is 0 Å². The second kappa shape index (κ2) is 5.75. The van der Waals surface area contributed by atoms with Crippen LogP contribution in [0.25, 0.3) is 0 Å². The number of nitrogen functional groups attached to an aromatic ring is 1. The lowest BCUT2D eigenvalue weighted by molar-refractivity contribution is 0.140. The second-order valence-electron chi connectivity index (χ2n) is 4.21. The Kier molecular flexibility index (Phi) is 4.06. The first-order chi connectivity index (χ1) is 8.25. The van der Waals surface area contributed by atoms with Crippen LogP contribution in [0.3, 0.4) is 0 Å². The standard InChI is InChI=1S/C12H18N4O/c13-12(14)11-8-10(2-3-15-11)9-16-4-1-6-17-7-5-16/h2-3,8H,1,4-7,9H2,(H3,13,14). The molecule has 5 nitrogen and oxygen atoms in total. The van der Waals surface area contributed by atoms with Gasteiger partial charge in [0.15, 0.2) is 0 Å². The minimum atomic E-state index is 0.0195. The predicted molar refractivity (Wildman–Crippen MR) is 66.0 cm³/mol. The molecule has 1 fully saturated rings. The molecular formula is C12H18N4O. The fourth-order valence-electron chi connectivity index (χ4n) is 1.93. The maximum Gasteiger partial charge on any atom is 0.141 e. The quantitative estimate of drug-likeness (QED) is 0.593. The number of nitrogens with zero attached hydrogens (tertiary/aromatic N) is 2. The van der Waals surface area contributed by atoms with Crippen molar-refractivity contribution in [2.75, 3.05) is 26.3 Å². The summed E-state index contributed by atoms with van der Waals surface area (Å²) in [4.78, 5) is 6.41. The van der Waals surface area contributed by atoms with E-state index in [1.54, 1.807) is 6.20 Å². The Morgan fingerprint density at radius 2 is 2.35 bits per heavy atom. The van der Waals surface area contributed by atoms with E-state index in [1.807, 2.05) is 12.1 Å². The van der Waals surface area contributed by atoms with Crippen LogP contribution < -0.4 is 5.73 Å². The lowest BCUT2D eigenvalue weighted by Gasteiger charge is -2.19. The fourth-order valence-corrected chi connectivity index (χ4v) is 1.93. The fraction of sp³-hybridized carbons (Fsp3) is 0.500. The maximum atomic E-state index is 7.37. The highest BCUT2D eigenvalue weighted by atomic mass is 16.5. The molecule has 0 atom stereocenters. The number of ether oxygens (including phenoxy) is 1. The summed E-state index contributed by atoms with van der Waals surface area (Å²) in [6, 6.07) is 3.85. The highest BCUT2D eigenvalue weighted by Crippen LogP contribution is 2.08. The Labute approximate surface area is 101 Å². The van der Waals surface area contributed by atoms with E-state index in [-0.39, 0.29) is 5.84 Å². The van der Waals surface area contributed by atoms with Crippen LogP contribution >= 0.6 is 0 Å². The number of hydrogen-bond donors (Lipinski definition) is 2. The maximum absolute atomic E-state index is 7.37. The summed E-state index contributed by atoms with van der Waals surface area (Å²) in [5.74, 6) is 0.0195. The summed E-state index contributed by atoms with van der Waals surface area (Å²) in [7, 11) is 0. The molecule has 2 heterocycles. The number of amidine groups is 1. The number of rotatable bonds is 3. The van der Waals surface area contributed by atoms with E-state index in [0.29, 0.717) is 5.69 Å². The topological polar surface area (TPSA) is 75.2 Å². The van der Waals surface area contributed by atoms with Gasteiger partial charge in [0.2, 0.25) is 0 Å². The van der Waals surface area contributed by atoms with Crippen molar-refractivity contribution in [1.82, 2.24) is 9.88 Å². The molecular weight excluding hydrogens is 216 g/mol. The SMILES string of the molecule is N=C(N)c1cc(CN2CCCOCC2)ccn1. The van der Waals surface area contributed by atoms with Crippen molar-refractivity contribution >= 4 is 5.84 Å². The van der Waals surface area contributed by atoms with Gasteiger partial charge in [-0.25, -0.2) is 0 Å². The number of pyridine rings is 1. The first-order valence-electron chi connectivity index (χ1n) is 5.85. The predicted octanol–water partition coefficient (Wildman–Crippen LogP) is 0.588. The monoisotopic (exact) mass is 234 g/mol. The van der Waals surface area contributed by atoms with Crippen molar-refractivity contribution in [1.29, 1.82) is 5.41 Å². The van der Waals surface area contributed by atoms with E-state index in [2.05, 4.69) is 9.88 Å². The van der Waals surface area contributed by atoms with Crippen molar-refractivity contribution in [2.45, 2.75) is 13.0 Å². The third kappa shape index (κ3) is 3.51. The molecule has 92 valence electrons. The third-order valence-electron chi connectivity index (χ3n) is 2.82. The third-order valence-corrected chi connectivity index (χ3v) is 2.82. The Bertz CT molecular complexity index is 386. The molecule has 1 aromatic heterocycles. The molecule has 0 spiro atoms. The molecule has 1 saturated heterocycles. The van der Waals surface area contributed by atoms with Crippen LogP contribution in [0, 0.1) is 5.41 Å². The van der Waals surface area contributed by atoms with Crippen molar-refractivity contribution in [3.8, 4) is 0 Å². The van der Waals surface area contributed by atoms with Crippen molar-refractivity contribution < 1.29 is 4.74 Å². The molecule has 0 aromatic carbocycles. The molecule has 1 aliphatic heterocycles. The van der Waals surface area contributed by atoms with Crippen LogP contribution in [0.1, 0.15) is 17.7 Å². The number of aromatic nitrogens is 1. The van der Waals surface area contributed by atoms with E-state index in [9.17, 15) is 0 Å². The number of nitrogens with two attached hydrogens (primary N) is 1. The number of nitrogens with one attached hydrogen (secondary N) is 1. The first kappa shape index (κ1) is 12.0. The Balaban J connectivity index is 2.01. The van der Waals surface area contributed by atoms with Crippen LogP contribution in [0.2, 0.25) is 0 Å². The van der Waals surface area contributed by atoms with Gasteiger partial charge in [0.25, 0.3) is 0 Å². The lowest BCUT2D eigenvalue weighted by atomic mass is 10.2. The zero-order valence-electron chi connectivity index (χ0n) is 9.85. The zero-order chi connectivity index (χ0) is 12.1. The molecule has 0 aliphatic carbocycles. The van der Waals surface area contributed by atoms with E-state index in [4.69, 9.17) is 15.9 Å². The van der Waals surface area contributed by atoms with Gasteiger partial charge < -0.3 is 10.5 Å². The summed E-state index contributed by atoms with van der Waals surface area (Å²) in [5.41, 5.74) is 7.12. The van der Waals surface area contributed by atoms with Gasteiger partial charge >= 0.3 is 0 Å². The molecule has 1 aliphatic rings. The van der Waals surface area contributed by atoms with Crippen LogP contribution in [0.4, 0.5) is 0 Å². The molecule has 0 saturated carbocycles. The highest BCUT2D eigenvalue weighted by molar-refractivity contribution is 5.93. The molecule has 0 unspecified atom stereocenters. The largest absolute Gasteiger partial charge is 0.382 e. The van der Waals surface area contributed by atoms with Crippen molar-refractivity contribution in [3.63, 3.8) is 0 Å². The van der Waals surface area contributed by atoms with Crippen molar-refractivity contribution in [3.05, 3.63) is 29.6 Å². The highest BCUT2D eigenvalue weighted by Gasteiger charge is 2.10. The molecule has 17 heavy (non-hydrogen) atoms. The van der Waals surface area contributed by atoms with Crippen LogP contribution in [0.15, 0.2) is 18.3 Å². The number of hydrogen-bond acceptors (Lipinski definition) is 4. The van der Waals surface area contributed by atoms with Crippen LogP contribution in [0.5, 0.6) is 0 Å². The van der Waals surface area contributed by atoms with Gasteiger partial charge in [-0.3, -0.25) is 15.3 Å². The average Bonchev–Trinajstić information content (AvgIpc) is 2.58. The molecule has 0 radical (unpaired) electrons. The Morgan fingerprint density at radius 3 is 3.18 bits per heavy atom. The summed E-state index contributed by atoms with van der Waals surface area (Å²) in [5, 5.41) is 7.37. The van der Waals surface area contributed by atoms with E-state index >= 15 is 0 Å². The summed E-state index contributed by atoms with van der Waals surface area (Å²) < 4.78 is 5.42. The zero-order valence-corrected chi connectivity index (χ0v) is 9.85. The smallest absolute Gasteiger partial charge is 0.141 e. The first-order valence-corrected chi connectivity index (χ1v) is 5.85. The normalized spacial score (nSPS) is 17.6. The van der Waals surface area contributed by atoms with E-state index in [1.165, 1.54) is 0 Å². The van der Waals surface area contributed by atoms with Gasteiger partial charge in [-0.15, -0.1) is 0 Å². The van der Waals surface area contributed by atoms with Gasteiger partial charge in [-0.1, -0.05) is 0 Å². The van der Waals surface area contributed by atoms with E-state index in [0.717, 1.165) is 44.8 Å². The molecule has 5 heteroatoms. The van der Waals surface area contributed by atoms with E-state index < -0.39 is 0 Å². The minimum absolute atomic E-state index is 0.0195. The minimum Gasteiger partial charge on any atom is -0.382 e. The molecule has 0 amide bonds. The molecule has 3 N–H and O–H groups in total. The summed E-state index contributed by atoms with van der Waals surface area (Å²) >= 11 is 0. The lowest BCUT2D eigenvalue weighted by Crippen LogP contribution is -2.26. The van der Waals surface area contributed by atoms with Gasteiger partial charge in [-0.05, 0) is 24.1 Å². The van der Waals surface area contributed by atoms with Crippen LogP contribution in [-0.2, 0) is 11.3 Å². The average molecular weight is 234 g/mol. The Hall–Kier alpha value is -1.46. The van der Waals surface area contributed by atoms with Crippen molar-refractivity contribution in [2.24, 2.45) is 5.73 Å². The van der Waals surface area contributed by atoms with Gasteiger partial charge in [0.1, 0.15) is 11.5 Å². The second-order valence-corrected chi connectivity index (χ2v) is 4.21. The van der Waals surface area contributed by atoms with Gasteiger partial charge in [0.05, 0.1) is 6.61 Å².